The molecule has 4 aromatic rings. The van der Waals surface area contributed by atoms with Crippen LogP contribution in [-0.2, 0) is 13.2 Å². The van der Waals surface area contributed by atoms with Crippen molar-refractivity contribution < 1.29 is 18.8 Å². The highest BCUT2D eigenvalue weighted by molar-refractivity contribution is 6.31. The minimum absolute atomic E-state index is 0.0236. The molecule has 0 fully saturated rings. The van der Waals surface area contributed by atoms with Crippen molar-refractivity contribution in [3.05, 3.63) is 116 Å². The van der Waals surface area contributed by atoms with Gasteiger partial charge in [0, 0.05) is 40.0 Å². The predicted octanol–water partition coefficient (Wildman–Crippen LogP) is 5.77. The topological polar surface area (TPSA) is 99.3 Å². The van der Waals surface area contributed by atoms with Gasteiger partial charge in [0.05, 0.1) is 11.5 Å². The Morgan fingerprint density at radius 2 is 1.97 bits per heavy atom. The van der Waals surface area contributed by atoms with E-state index in [1.54, 1.807) is 49.5 Å². The number of hydrogen-bond acceptors (Lipinski definition) is 5. The maximum Gasteiger partial charge on any atom is 0.272 e. The zero-order chi connectivity index (χ0) is 24.9. The molecule has 0 aliphatic heterocycles. The van der Waals surface area contributed by atoms with Crippen LogP contribution in [0.25, 0.3) is 0 Å². The van der Waals surface area contributed by atoms with E-state index >= 15 is 0 Å². The second-order valence-electron chi connectivity index (χ2n) is 7.75. The molecule has 0 atom stereocenters. The van der Waals surface area contributed by atoms with E-state index in [1.165, 1.54) is 28.9 Å². The van der Waals surface area contributed by atoms with E-state index in [9.17, 15) is 19.3 Å². The average molecular weight is 495 g/mol. The lowest BCUT2D eigenvalue weighted by Crippen LogP contribution is -2.13. The third kappa shape index (κ3) is 5.82. The zero-order valence-electron chi connectivity index (χ0n) is 18.6. The largest absolute Gasteiger partial charge is 0.489 e. The van der Waals surface area contributed by atoms with Gasteiger partial charge in [0.25, 0.3) is 11.6 Å². The van der Waals surface area contributed by atoms with Crippen LogP contribution >= 0.6 is 11.6 Å². The first kappa shape index (κ1) is 23.9. The van der Waals surface area contributed by atoms with Gasteiger partial charge >= 0.3 is 0 Å². The lowest BCUT2D eigenvalue weighted by atomic mass is 10.1. The minimum atomic E-state index is -0.445. The standard InChI is InChI=1S/C25H20ClFN4O4/c1-16-12-19(8-9-23(16)31(33)34)35-15-17-4-2-5-18(13-17)25(32)28-24-10-11-30(29-24)14-20-21(26)6-3-7-22(20)27/h2-13H,14-15H2,1H3,(H,28,29,32). The van der Waals surface area contributed by atoms with Crippen molar-refractivity contribution in [3.63, 3.8) is 0 Å². The fourth-order valence-electron chi connectivity index (χ4n) is 3.44. The van der Waals surface area contributed by atoms with Crippen molar-refractivity contribution in [2.24, 2.45) is 0 Å². The summed E-state index contributed by atoms with van der Waals surface area (Å²) in [5.74, 6) is 0.00244. The minimum Gasteiger partial charge on any atom is -0.489 e. The van der Waals surface area contributed by atoms with Crippen LogP contribution in [0.2, 0.25) is 5.02 Å². The molecule has 35 heavy (non-hydrogen) atoms. The van der Waals surface area contributed by atoms with Gasteiger partial charge in [-0.3, -0.25) is 19.6 Å². The summed E-state index contributed by atoms with van der Waals surface area (Å²) in [6.07, 6.45) is 1.62. The number of ether oxygens (including phenoxy) is 1. The summed E-state index contributed by atoms with van der Waals surface area (Å²) in [6.45, 7) is 1.94. The number of aromatic nitrogens is 2. The second kappa shape index (κ2) is 10.4. The molecule has 8 nitrogen and oxygen atoms in total. The van der Waals surface area contributed by atoms with E-state index in [1.807, 2.05) is 6.07 Å². The van der Waals surface area contributed by atoms with Crippen LogP contribution < -0.4 is 10.1 Å². The first-order valence-electron chi connectivity index (χ1n) is 10.5. The van der Waals surface area contributed by atoms with Crippen molar-refractivity contribution >= 4 is 29.0 Å². The van der Waals surface area contributed by atoms with Crippen LogP contribution in [0.1, 0.15) is 27.0 Å². The SMILES string of the molecule is Cc1cc(OCc2cccc(C(=O)Nc3ccn(Cc4c(F)cccc4Cl)n3)c2)ccc1[N+](=O)[O-]. The maximum atomic E-state index is 14.0. The molecule has 0 spiro atoms. The third-order valence-corrected chi connectivity index (χ3v) is 5.58. The van der Waals surface area contributed by atoms with E-state index in [4.69, 9.17) is 16.3 Å². The molecule has 0 aliphatic carbocycles. The number of nitro groups is 1. The first-order valence-corrected chi connectivity index (χ1v) is 10.9. The van der Waals surface area contributed by atoms with Crippen LogP contribution in [0.4, 0.5) is 15.9 Å². The summed E-state index contributed by atoms with van der Waals surface area (Å²) < 4.78 is 21.2. The van der Waals surface area contributed by atoms with Crippen molar-refractivity contribution in [2.45, 2.75) is 20.1 Å². The fraction of sp³-hybridized carbons (Fsp3) is 0.120. The van der Waals surface area contributed by atoms with Crippen molar-refractivity contribution in [1.82, 2.24) is 9.78 Å². The van der Waals surface area contributed by atoms with Gasteiger partial charge in [-0.1, -0.05) is 29.8 Å². The molecule has 0 unspecified atom stereocenters. The van der Waals surface area contributed by atoms with Gasteiger partial charge in [-0.2, -0.15) is 5.10 Å². The molecule has 1 N–H and O–H groups in total. The van der Waals surface area contributed by atoms with Gasteiger partial charge in [-0.05, 0) is 48.9 Å². The van der Waals surface area contributed by atoms with E-state index in [0.717, 1.165) is 5.56 Å². The molecule has 0 bridgehead atoms. The summed E-state index contributed by atoms with van der Waals surface area (Å²) in [7, 11) is 0. The number of anilines is 1. The summed E-state index contributed by atoms with van der Waals surface area (Å²) in [5.41, 5.74) is 1.98. The summed E-state index contributed by atoms with van der Waals surface area (Å²) in [5, 5.41) is 18.2. The Morgan fingerprint density at radius 3 is 2.71 bits per heavy atom. The lowest BCUT2D eigenvalue weighted by molar-refractivity contribution is -0.385. The quantitative estimate of drug-likeness (QED) is 0.247. The van der Waals surface area contributed by atoms with Gasteiger partial charge in [-0.15, -0.1) is 0 Å². The van der Waals surface area contributed by atoms with E-state index in [0.29, 0.717) is 33.3 Å². The Kier molecular flexibility index (Phi) is 7.07. The van der Waals surface area contributed by atoms with Gasteiger partial charge in [-0.25, -0.2) is 4.39 Å². The highest BCUT2D eigenvalue weighted by atomic mass is 35.5. The number of nitrogens with zero attached hydrogens (tertiary/aromatic N) is 3. The Balaban J connectivity index is 1.39. The molecule has 0 saturated heterocycles. The molecule has 0 saturated carbocycles. The Labute approximate surface area is 205 Å². The van der Waals surface area contributed by atoms with Gasteiger partial charge < -0.3 is 10.1 Å². The number of nitrogens with one attached hydrogen (secondary N) is 1. The molecular weight excluding hydrogens is 475 g/mol. The van der Waals surface area contributed by atoms with Crippen LogP contribution in [0.5, 0.6) is 5.75 Å². The Bertz CT molecular complexity index is 1390. The average Bonchev–Trinajstić information content (AvgIpc) is 3.27. The van der Waals surface area contributed by atoms with Crippen molar-refractivity contribution in [2.75, 3.05) is 5.32 Å². The summed E-state index contributed by atoms with van der Waals surface area (Å²) in [4.78, 5) is 23.2. The predicted molar refractivity (Wildman–Crippen MR) is 129 cm³/mol. The first-order chi connectivity index (χ1) is 16.8. The van der Waals surface area contributed by atoms with Crippen LogP contribution in [0, 0.1) is 22.9 Å². The molecule has 1 heterocycles. The highest BCUT2D eigenvalue weighted by Crippen LogP contribution is 2.24. The number of amides is 1. The number of halogens is 2. The molecule has 4 rings (SSSR count). The number of carbonyl (C=O) groups is 1. The van der Waals surface area contributed by atoms with E-state index in [-0.39, 0.29) is 24.7 Å². The molecular formula is C25H20ClFN4O4. The molecule has 0 aliphatic rings. The summed E-state index contributed by atoms with van der Waals surface area (Å²) in [6, 6.07) is 17.5. The van der Waals surface area contributed by atoms with E-state index < -0.39 is 10.7 Å². The van der Waals surface area contributed by atoms with Gasteiger partial charge in [0.15, 0.2) is 5.82 Å². The monoisotopic (exact) mass is 494 g/mol. The third-order valence-electron chi connectivity index (χ3n) is 5.22. The fourth-order valence-corrected chi connectivity index (χ4v) is 3.66. The van der Waals surface area contributed by atoms with Crippen LogP contribution in [-0.4, -0.2) is 20.6 Å². The van der Waals surface area contributed by atoms with E-state index in [2.05, 4.69) is 10.4 Å². The Morgan fingerprint density at radius 1 is 1.17 bits per heavy atom. The molecule has 0 radical (unpaired) electrons. The number of rotatable bonds is 8. The summed E-state index contributed by atoms with van der Waals surface area (Å²) >= 11 is 6.07. The Hall–Kier alpha value is -4.24. The molecule has 1 aromatic heterocycles. The van der Waals surface area contributed by atoms with Gasteiger partial charge in [0.1, 0.15) is 18.2 Å². The highest BCUT2D eigenvalue weighted by Gasteiger charge is 2.13. The number of aryl methyl sites for hydroxylation is 1. The normalized spacial score (nSPS) is 10.7. The molecule has 10 heteroatoms. The van der Waals surface area contributed by atoms with Gasteiger partial charge in [0.2, 0.25) is 0 Å². The van der Waals surface area contributed by atoms with Crippen LogP contribution in [0.3, 0.4) is 0 Å². The number of carbonyl (C=O) groups excluding carboxylic acids is 1. The number of nitro benzene ring substituents is 1. The number of benzene rings is 3. The molecule has 1 amide bonds. The lowest BCUT2D eigenvalue weighted by Gasteiger charge is -2.09. The van der Waals surface area contributed by atoms with Crippen molar-refractivity contribution in [1.29, 1.82) is 0 Å². The molecule has 3 aromatic carbocycles. The second-order valence-corrected chi connectivity index (χ2v) is 8.15. The molecule has 178 valence electrons. The zero-order valence-corrected chi connectivity index (χ0v) is 19.3. The maximum absolute atomic E-state index is 14.0. The smallest absolute Gasteiger partial charge is 0.272 e. The van der Waals surface area contributed by atoms with Crippen LogP contribution in [0.15, 0.2) is 72.9 Å². The number of hydrogen-bond donors (Lipinski definition) is 1. The van der Waals surface area contributed by atoms with Crippen molar-refractivity contribution in [3.8, 4) is 5.75 Å².